The lowest BCUT2D eigenvalue weighted by molar-refractivity contribution is 0.162. The molecule has 2 N–H and O–H groups in total. The van der Waals surface area contributed by atoms with E-state index in [4.69, 9.17) is 4.74 Å². The molecule has 6 heteroatoms. The fourth-order valence-corrected chi connectivity index (χ4v) is 2.02. The zero-order chi connectivity index (χ0) is 16.2. The quantitative estimate of drug-likeness (QED) is 0.356. The van der Waals surface area contributed by atoms with Gasteiger partial charge in [-0.15, -0.1) is 24.0 Å². The maximum Gasteiger partial charge on any atom is 0.191 e. The van der Waals surface area contributed by atoms with Gasteiger partial charge in [0.15, 0.2) is 5.96 Å². The molecule has 0 atom stereocenters. The lowest BCUT2D eigenvalue weighted by Gasteiger charge is -2.17. The Kier molecular flexibility index (Phi) is 13.1. The van der Waals surface area contributed by atoms with Crippen LogP contribution in [-0.2, 0) is 11.3 Å². The molecule has 0 spiro atoms. The Morgan fingerprint density at radius 1 is 1.22 bits per heavy atom. The van der Waals surface area contributed by atoms with Gasteiger partial charge in [0, 0.05) is 33.3 Å². The number of benzene rings is 1. The molecule has 0 bridgehead atoms. The average Bonchev–Trinajstić information content (AvgIpc) is 2.52. The van der Waals surface area contributed by atoms with Crippen LogP contribution in [0.2, 0.25) is 0 Å². The zero-order valence-corrected chi connectivity index (χ0v) is 17.1. The topological polar surface area (TPSA) is 48.9 Å². The molecule has 0 saturated carbocycles. The van der Waals surface area contributed by atoms with E-state index in [1.165, 1.54) is 11.1 Å². The summed E-state index contributed by atoms with van der Waals surface area (Å²) < 4.78 is 5.08. The number of nitrogens with one attached hydrogen (secondary N) is 2. The second-order valence-corrected chi connectivity index (χ2v) is 5.34. The van der Waals surface area contributed by atoms with Crippen LogP contribution in [0.5, 0.6) is 0 Å². The summed E-state index contributed by atoms with van der Waals surface area (Å²) in [6.45, 7) is 9.28. The Morgan fingerprint density at radius 3 is 2.61 bits per heavy atom. The van der Waals surface area contributed by atoms with Crippen molar-refractivity contribution in [1.82, 2.24) is 15.5 Å². The number of guanidine groups is 1. The Balaban J connectivity index is 0.00000484. The highest BCUT2D eigenvalue weighted by Crippen LogP contribution is 2.07. The number of nitrogens with zero attached hydrogens (tertiary/aromatic N) is 2. The number of hydrogen-bond acceptors (Lipinski definition) is 3. The molecule has 0 aliphatic carbocycles. The molecule has 0 radical (unpaired) electrons. The minimum absolute atomic E-state index is 0. The largest absolute Gasteiger partial charge is 0.383 e. The predicted molar refractivity (Wildman–Crippen MR) is 109 cm³/mol. The molecule has 1 rings (SSSR count). The van der Waals surface area contributed by atoms with Crippen molar-refractivity contribution in [3.63, 3.8) is 0 Å². The Morgan fingerprint density at radius 2 is 1.96 bits per heavy atom. The van der Waals surface area contributed by atoms with Crippen molar-refractivity contribution >= 4 is 29.9 Å². The SMILES string of the molecule is CCNC(=NCc1ccccc1C)NCCN(C)CCOC.I. The molecule has 132 valence electrons. The van der Waals surface area contributed by atoms with Crippen molar-refractivity contribution in [2.45, 2.75) is 20.4 Å². The van der Waals surface area contributed by atoms with E-state index in [1.54, 1.807) is 7.11 Å². The van der Waals surface area contributed by atoms with Gasteiger partial charge in [0.25, 0.3) is 0 Å². The molecule has 23 heavy (non-hydrogen) atoms. The first-order chi connectivity index (χ1) is 10.7. The molecule has 0 unspecified atom stereocenters. The number of hydrogen-bond donors (Lipinski definition) is 2. The number of aryl methyl sites for hydroxylation is 1. The summed E-state index contributed by atoms with van der Waals surface area (Å²) in [5.41, 5.74) is 2.54. The molecular weight excluding hydrogens is 403 g/mol. The van der Waals surface area contributed by atoms with E-state index in [2.05, 4.69) is 65.7 Å². The average molecular weight is 434 g/mol. The fraction of sp³-hybridized carbons (Fsp3) is 0.588. The molecule has 0 aromatic heterocycles. The highest BCUT2D eigenvalue weighted by atomic mass is 127. The van der Waals surface area contributed by atoms with E-state index < -0.39 is 0 Å². The van der Waals surface area contributed by atoms with E-state index in [0.29, 0.717) is 6.54 Å². The van der Waals surface area contributed by atoms with E-state index in [0.717, 1.165) is 38.7 Å². The van der Waals surface area contributed by atoms with Crippen molar-refractivity contribution in [3.8, 4) is 0 Å². The maximum atomic E-state index is 5.08. The van der Waals surface area contributed by atoms with Gasteiger partial charge in [-0.3, -0.25) is 0 Å². The lowest BCUT2D eigenvalue weighted by atomic mass is 10.1. The first kappa shape index (κ1) is 22.1. The van der Waals surface area contributed by atoms with Gasteiger partial charge in [-0.1, -0.05) is 24.3 Å². The lowest BCUT2D eigenvalue weighted by Crippen LogP contribution is -2.41. The summed E-state index contributed by atoms with van der Waals surface area (Å²) in [6.07, 6.45) is 0. The molecule has 0 amide bonds. The number of likely N-dealkylation sites (N-methyl/N-ethyl adjacent to an activating group) is 1. The van der Waals surface area contributed by atoms with Gasteiger partial charge in [0.05, 0.1) is 13.2 Å². The number of aliphatic imine (C=N–C) groups is 1. The van der Waals surface area contributed by atoms with Crippen LogP contribution in [0, 0.1) is 6.92 Å². The van der Waals surface area contributed by atoms with Crippen molar-refractivity contribution in [2.75, 3.05) is 46.9 Å². The Hall–Kier alpha value is -0.860. The molecule has 0 saturated heterocycles. The standard InChI is InChI=1S/C17H30N4O.HI/c1-5-18-17(19-10-11-21(3)12-13-22-4)20-14-16-9-7-6-8-15(16)2;/h6-9H,5,10-14H2,1-4H3,(H2,18,19,20);1H. The molecule has 1 aromatic rings. The number of halogens is 1. The third-order valence-corrected chi connectivity index (χ3v) is 3.48. The molecular formula is C17H31IN4O. The van der Waals surface area contributed by atoms with Crippen LogP contribution in [0.3, 0.4) is 0 Å². The second kappa shape index (κ2) is 13.6. The molecule has 0 fully saturated rings. The maximum absolute atomic E-state index is 5.08. The first-order valence-electron chi connectivity index (χ1n) is 7.91. The van der Waals surface area contributed by atoms with Crippen LogP contribution in [0.15, 0.2) is 29.3 Å². The number of ether oxygens (including phenoxy) is 1. The van der Waals surface area contributed by atoms with Crippen molar-refractivity contribution in [2.24, 2.45) is 4.99 Å². The highest BCUT2D eigenvalue weighted by Gasteiger charge is 2.01. The minimum Gasteiger partial charge on any atom is -0.383 e. The van der Waals surface area contributed by atoms with Crippen LogP contribution in [0.25, 0.3) is 0 Å². The summed E-state index contributed by atoms with van der Waals surface area (Å²) in [4.78, 5) is 6.89. The highest BCUT2D eigenvalue weighted by molar-refractivity contribution is 14.0. The number of methoxy groups -OCH3 is 1. The van der Waals surface area contributed by atoms with Crippen molar-refractivity contribution in [1.29, 1.82) is 0 Å². The van der Waals surface area contributed by atoms with Crippen LogP contribution in [0.1, 0.15) is 18.1 Å². The smallest absolute Gasteiger partial charge is 0.191 e. The minimum atomic E-state index is 0. The van der Waals surface area contributed by atoms with Crippen LogP contribution in [-0.4, -0.2) is 57.8 Å². The molecule has 5 nitrogen and oxygen atoms in total. The molecule has 0 heterocycles. The molecule has 0 aliphatic heterocycles. The van der Waals surface area contributed by atoms with Gasteiger partial charge in [-0.2, -0.15) is 0 Å². The molecule has 1 aromatic carbocycles. The Bertz CT molecular complexity index is 454. The van der Waals surface area contributed by atoms with Gasteiger partial charge in [0.2, 0.25) is 0 Å². The summed E-state index contributed by atoms with van der Waals surface area (Å²) in [5.74, 6) is 0.867. The summed E-state index contributed by atoms with van der Waals surface area (Å²) in [6, 6.07) is 8.36. The fourth-order valence-electron chi connectivity index (χ4n) is 2.02. The third kappa shape index (κ3) is 9.78. The van der Waals surface area contributed by atoms with E-state index in [1.807, 2.05) is 0 Å². The normalized spacial score (nSPS) is 11.3. The predicted octanol–water partition coefficient (Wildman–Crippen LogP) is 2.25. The van der Waals surface area contributed by atoms with Gasteiger partial charge in [-0.05, 0) is 32.0 Å². The summed E-state index contributed by atoms with van der Waals surface area (Å²) >= 11 is 0. The Labute approximate surface area is 157 Å². The number of rotatable bonds is 9. The van der Waals surface area contributed by atoms with E-state index in [9.17, 15) is 0 Å². The van der Waals surface area contributed by atoms with E-state index in [-0.39, 0.29) is 24.0 Å². The summed E-state index contributed by atoms with van der Waals surface area (Å²) in [5, 5.41) is 6.66. The van der Waals surface area contributed by atoms with Crippen LogP contribution in [0.4, 0.5) is 0 Å². The van der Waals surface area contributed by atoms with Gasteiger partial charge in [-0.25, -0.2) is 4.99 Å². The third-order valence-electron chi connectivity index (χ3n) is 3.48. The van der Waals surface area contributed by atoms with Crippen LogP contribution < -0.4 is 10.6 Å². The van der Waals surface area contributed by atoms with Crippen LogP contribution >= 0.6 is 24.0 Å². The first-order valence-corrected chi connectivity index (χ1v) is 7.91. The monoisotopic (exact) mass is 434 g/mol. The van der Waals surface area contributed by atoms with Crippen molar-refractivity contribution < 1.29 is 4.74 Å². The van der Waals surface area contributed by atoms with Gasteiger partial charge >= 0.3 is 0 Å². The van der Waals surface area contributed by atoms with Crippen molar-refractivity contribution in [3.05, 3.63) is 35.4 Å². The van der Waals surface area contributed by atoms with Gasteiger partial charge in [0.1, 0.15) is 0 Å². The van der Waals surface area contributed by atoms with E-state index >= 15 is 0 Å². The van der Waals surface area contributed by atoms with Gasteiger partial charge < -0.3 is 20.3 Å². The summed E-state index contributed by atoms with van der Waals surface area (Å²) in [7, 11) is 3.83. The zero-order valence-electron chi connectivity index (χ0n) is 14.8. The second-order valence-electron chi connectivity index (χ2n) is 5.34. The molecule has 0 aliphatic rings.